The van der Waals surface area contributed by atoms with Crippen molar-refractivity contribution in [1.82, 2.24) is 0 Å². The van der Waals surface area contributed by atoms with Crippen molar-refractivity contribution in [3.8, 4) is 0 Å². The summed E-state index contributed by atoms with van der Waals surface area (Å²) in [5.41, 5.74) is 0. The topological polar surface area (TPSA) is 60.4 Å². The zero-order valence-electron chi connectivity index (χ0n) is 11.3. The van der Waals surface area contributed by atoms with Crippen LogP contribution in [0, 0.1) is 17.8 Å². The second-order valence-electron chi connectivity index (χ2n) is 4.61. The first-order valence-electron chi connectivity index (χ1n) is 5.99. The van der Waals surface area contributed by atoms with Gasteiger partial charge in [0.2, 0.25) is 0 Å². The lowest BCUT2D eigenvalue weighted by Gasteiger charge is -2.16. The molecule has 0 saturated carbocycles. The van der Waals surface area contributed by atoms with E-state index in [1.54, 1.807) is 20.8 Å². The van der Waals surface area contributed by atoms with E-state index < -0.39 is 11.9 Å². The molecule has 0 aromatic rings. The first-order valence-corrected chi connectivity index (χ1v) is 5.99. The van der Waals surface area contributed by atoms with Gasteiger partial charge in [0.1, 0.15) is 17.5 Å². The molecule has 0 amide bonds. The SMILES string of the molecule is CCC(C)C(=O)CC(C(=O)OC)C(=O)C(C)C. The lowest BCUT2D eigenvalue weighted by Crippen LogP contribution is -2.32. The van der Waals surface area contributed by atoms with Crippen molar-refractivity contribution in [2.24, 2.45) is 17.8 Å². The maximum atomic E-state index is 11.8. The molecule has 98 valence electrons. The number of hydrogen-bond donors (Lipinski definition) is 0. The van der Waals surface area contributed by atoms with Crippen LogP contribution in [0.25, 0.3) is 0 Å². The Balaban J connectivity index is 4.78. The van der Waals surface area contributed by atoms with Crippen LogP contribution in [0.3, 0.4) is 0 Å². The highest BCUT2D eigenvalue weighted by atomic mass is 16.5. The van der Waals surface area contributed by atoms with Crippen LogP contribution in [-0.2, 0) is 19.1 Å². The summed E-state index contributed by atoms with van der Waals surface area (Å²) in [7, 11) is 1.23. The summed E-state index contributed by atoms with van der Waals surface area (Å²) in [6.45, 7) is 7.13. The highest BCUT2D eigenvalue weighted by Gasteiger charge is 2.32. The van der Waals surface area contributed by atoms with E-state index in [2.05, 4.69) is 4.74 Å². The Kier molecular flexibility index (Phi) is 6.69. The van der Waals surface area contributed by atoms with Gasteiger partial charge in [-0.1, -0.05) is 27.7 Å². The molecule has 0 aliphatic carbocycles. The van der Waals surface area contributed by atoms with Crippen molar-refractivity contribution in [3.05, 3.63) is 0 Å². The fraction of sp³-hybridized carbons (Fsp3) is 0.769. The van der Waals surface area contributed by atoms with Gasteiger partial charge in [-0.2, -0.15) is 0 Å². The van der Waals surface area contributed by atoms with Crippen LogP contribution >= 0.6 is 0 Å². The summed E-state index contributed by atoms with van der Waals surface area (Å²) in [6, 6.07) is 0. The molecule has 4 heteroatoms. The van der Waals surface area contributed by atoms with Crippen LogP contribution in [0.15, 0.2) is 0 Å². The second-order valence-corrected chi connectivity index (χ2v) is 4.61. The number of rotatable bonds is 7. The molecule has 0 spiro atoms. The smallest absolute Gasteiger partial charge is 0.316 e. The maximum Gasteiger partial charge on any atom is 0.316 e. The molecule has 0 fully saturated rings. The van der Waals surface area contributed by atoms with Gasteiger partial charge >= 0.3 is 5.97 Å². The van der Waals surface area contributed by atoms with Crippen LogP contribution in [0.4, 0.5) is 0 Å². The molecule has 0 aromatic heterocycles. The second kappa shape index (κ2) is 7.20. The molecule has 0 aliphatic heterocycles. The van der Waals surface area contributed by atoms with Crippen molar-refractivity contribution in [2.45, 2.75) is 40.5 Å². The quantitative estimate of drug-likeness (QED) is 0.506. The van der Waals surface area contributed by atoms with Gasteiger partial charge in [0.05, 0.1) is 7.11 Å². The summed E-state index contributed by atoms with van der Waals surface area (Å²) in [5.74, 6) is -2.24. The fourth-order valence-electron chi connectivity index (χ4n) is 1.47. The standard InChI is InChI=1S/C13H22O4/c1-6-9(4)11(14)7-10(13(16)17-5)12(15)8(2)3/h8-10H,6-7H2,1-5H3. The zero-order valence-corrected chi connectivity index (χ0v) is 11.3. The predicted molar refractivity (Wildman–Crippen MR) is 64.4 cm³/mol. The molecule has 0 radical (unpaired) electrons. The molecule has 2 atom stereocenters. The summed E-state index contributed by atoms with van der Waals surface area (Å²) in [5, 5.41) is 0. The lowest BCUT2D eigenvalue weighted by atomic mass is 9.87. The average Bonchev–Trinajstić information content (AvgIpc) is 2.32. The number of carbonyl (C=O) groups excluding carboxylic acids is 3. The summed E-state index contributed by atoms with van der Waals surface area (Å²) in [6.07, 6.45) is 0.668. The normalized spacial score (nSPS) is 14.2. The lowest BCUT2D eigenvalue weighted by molar-refractivity contribution is -0.152. The minimum absolute atomic E-state index is 0.0430. The van der Waals surface area contributed by atoms with Gasteiger partial charge in [0, 0.05) is 18.3 Å². The molecule has 0 N–H and O–H groups in total. The van der Waals surface area contributed by atoms with E-state index in [1.165, 1.54) is 7.11 Å². The van der Waals surface area contributed by atoms with E-state index in [0.717, 1.165) is 0 Å². The van der Waals surface area contributed by atoms with Crippen LogP contribution in [0.5, 0.6) is 0 Å². The van der Waals surface area contributed by atoms with Gasteiger partial charge in [-0.15, -0.1) is 0 Å². The summed E-state index contributed by atoms with van der Waals surface area (Å²) >= 11 is 0. The first-order chi connectivity index (χ1) is 7.84. The molecule has 4 nitrogen and oxygen atoms in total. The van der Waals surface area contributed by atoms with Crippen LogP contribution < -0.4 is 0 Å². The van der Waals surface area contributed by atoms with E-state index in [1.807, 2.05) is 6.92 Å². The molecule has 0 bridgehead atoms. The third kappa shape index (κ3) is 4.67. The van der Waals surface area contributed by atoms with E-state index in [9.17, 15) is 14.4 Å². The van der Waals surface area contributed by atoms with Gasteiger partial charge in [-0.25, -0.2) is 0 Å². The Morgan fingerprint density at radius 3 is 2.00 bits per heavy atom. The van der Waals surface area contributed by atoms with Crippen molar-refractivity contribution < 1.29 is 19.1 Å². The fourth-order valence-corrected chi connectivity index (χ4v) is 1.47. The molecule has 0 aliphatic rings. The summed E-state index contributed by atoms with van der Waals surface area (Å²) < 4.78 is 4.59. The van der Waals surface area contributed by atoms with E-state index in [0.29, 0.717) is 6.42 Å². The zero-order chi connectivity index (χ0) is 13.6. The Morgan fingerprint density at radius 1 is 1.12 bits per heavy atom. The first kappa shape index (κ1) is 15.8. The number of hydrogen-bond acceptors (Lipinski definition) is 4. The third-order valence-corrected chi connectivity index (χ3v) is 2.97. The van der Waals surface area contributed by atoms with Gasteiger partial charge in [0.15, 0.2) is 0 Å². The number of carbonyl (C=O) groups is 3. The van der Waals surface area contributed by atoms with Gasteiger partial charge in [0.25, 0.3) is 0 Å². The largest absolute Gasteiger partial charge is 0.468 e. The van der Waals surface area contributed by atoms with Gasteiger partial charge in [-0.05, 0) is 6.42 Å². The van der Waals surface area contributed by atoms with Crippen molar-refractivity contribution in [1.29, 1.82) is 0 Å². The average molecular weight is 242 g/mol. The number of methoxy groups -OCH3 is 1. The molecule has 0 aromatic carbocycles. The van der Waals surface area contributed by atoms with Crippen LogP contribution in [-0.4, -0.2) is 24.6 Å². The minimum atomic E-state index is -0.943. The summed E-state index contributed by atoms with van der Waals surface area (Å²) in [4.78, 5) is 35.1. The molecular weight excluding hydrogens is 220 g/mol. The number of ether oxygens (including phenoxy) is 1. The van der Waals surface area contributed by atoms with E-state index in [4.69, 9.17) is 0 Å². The van der Waals surface area contributed by atoms with Crippen LogP contribution in [0.1, 0.15) is 40.5 Å². The van der Waals surface area contributed by atoms with Crippen molar-refractivity contribution >= 4 is 17.5 Å². The predicted octanol–water partition coefficient (Wildman–Crippen LogP) is 2.01. The van der Waals surface area contributed by atoms with E-state index in [-0.39, 0.29) is 29.8 Å². The highest BCUT2D eigenvalue weighted by molar-refractivity contribution is 6.03. The van der Waals surface area contributed by atoms with Gasteiger partial charge in [-0.3, -0.25) is 14.4 Å². The highest BCUT2D eigenvalue weighted by Crippen LogP contribution is 2.17. The molecule has 0 heterocycles. The number of Topliss-reactive ketones (excluding diaryl/α,β-unsaturated/α-hetero) is 2. The van der Waals surface area contributed by atoms with E-state index >= 15 is 0 Å². The Labute approximate surface area is 103 Å². The Morgan fingerprint density at radius 2 is 1.65 bits per heavy atom. The van der Waals surface area contributed by atoms with Crippen molar-refractivity contribution in [3.63, 3.8) is 0 Å². The molecule has 0 saturated heterocycles. The maximum absolute atomic E-state index is 11.8. The Bertz CT molecular complexity index is 294. The monoisotopic (exact) mass is 242 g/mol. The minimum Gasteiger partial charge on any atom is -0.468 e. The third-order valence-electron chi connectivity index (χ3n) is 2.97. The molecule has 2 unspecified atom stereocenters. The number of ketones is 2. The number of esters is 1. The molecule has 17 heavy (non-hydrogen) atoms. The van der Waals surface area contributed by atoms with Crippen LogP contribution in [0.2, 0.25) is 0 Å². The molecular formula is C13H22O4. The molecule has 0 rings (SSSR count). The van der Waals surface area contributed by atoms with Gasteiger partial charge < -0.3 is 4.74 Å². The Hall–Kier alpha value is -1.19. The van der Waals surface area contributed by atoms with Crippen molar-refractivity contribution in [2.75, 3.05) is 7.11 Å².